The molecule has 0 bridgehead atoms. The Morgan fingerprint density at radius 2 is 2.05 bits per heavy atom. The number of ether oxygens (including phenoxy) is 1. The minimum Gasteiger partial charge on any atom is -0.481 e. The zero-order valence-corrected chi connectivity index (χ0v) is 11.6. The molecular formula is C13H21N3O4. The first-order valence-corrected chi connectivity index (χ1v) is 6.44. The molecule has 0 radical (unpaired) electrons. The van der Waals surface area contributed by atoms with E-state index in [2.05, 4.69) is 10.6 Å². The van der Waals surface area contributed by atoms with Crippen molar-refractivity contribution in [3.63, 3.8) is 0 Å². The van der Waals surface area contributed by atoms with Crippen LogP contribution in [0.3, 0.4) is 0 Å². The molecule has 0 aliphatic carbocycles. The highest BCUT2D eigenvalue weighted by atomic mass is 16.5. The Morgan fingerprint density at radius 3 is 2.65 bits per heavy atom. The molecule has 0 fully saturated rings. The number of unbranched alkanes of at least 4 members (excludes halogenated alkanes) is 2. The number of methoxy groups -OCH3 is 1. The predicted molar refractivity (Wildman–Crippen MR) is 72.7 cm³/mol. The van der Waals surface area contributed by atoms with E-state index in [9.17, 15) is 9.59 Å². The van der Waals surface area contributed by atoms with Gasteiger partial charge < -0.3 is 20.5 Å². The van der Waals surface area contributed by atoms with Crippen LogP contribution in [-0.4, -0.2) is 43.8 Å². The lowest BCUT2D eigenvalue weighted by atomic mass is 10.2. The highest BCUT2D eigenvalue weighted by Gasteiger charge is 2.07. The Labute approximate surface area is 118 Å². The lowest BCUT2D eigenvalue weighted by Crippen LogP contribution is -2.27. The van der Waals surface area contributed by atoms with Crippen LogP contribution < -0.4 is 10.6 Å². The molecule has 20 heavy (non-hydrogen) atoms. The van der Waals surface area contributed by atoms with E-state index in [1.165, 1.54) is 6.20 Å². The minimum absolute atomic E-state index is 0.00615. The number of carboxylic acids is 1. The Hall–Kier alpha value is -2.07. The maximum atomic E-state index is 11.6. The summed E-state index contributed by atoms with van der Waals surface area (Å²) in [6, 6.07) is 1.81. The summed E-state index contributed by atoms with van der Waals surface area (Å²) in [7, 11) is 1.56. The number of nitrogens with one attached hydrogen (secondary N) is 2. The van der Waals surface area contributed by atoms with Crippen molar-refractivity contribution in [3.8, 4) is 6.07 Å². The molecule has 0 heterocycles. The normalized spacial score (nSPS) is 10.7. The molecule has 0 aromatic heterocycles. The van der Waals surface area contributed by atoms with Gasteiger partial charge in [0.1, 0.15) is 11.6 Å². The molecule has 0 saturated carbocycles. The van der Waals surface area contributed by atoms with Crippen molar-refractivity contribution < 1.29 is 19.4 Å². The first-order valence-electron chi connectivity index (χ1n) is 6.44. The van der Waals surface area contributed by atoms with Crippen LogP contribution in [0.15, 0.2) is 11.8 Å². The van der Waals surface area contributed by atoms with E-state index in [1.54, 1.807) is 7.11 Å². The molecule has 0 saturated heterocycles. The molecule has 1 amide bonds. The number of hydrogen-bond donors (Lipinski definition) is 3. The lowest BCUT2D eigenvalue weighted by molar-refractivity contribution is -0.137. The summed E-state index contributed by atoms with van der Waals surface area (Å²) in [6.07, 6.45) is 3.50. The molecule has 7 nitrogen and oxygen atoms in total. The lowest BCUT2D eigenvalue weighted by Gasteiger charge is -2.04. The standard InChI is InChI=1S/C13H21N3O4/c1-20-8-7-15-10-11(9-14)13(19)16-6-4-2-3-5-12(17)18/h10,15H,2-8H2,1H3,(H,16,19)(H,17,18)/b11-10-. The minimum atomic E-state index is -0.814. The predicted octanol–water partition coefficient (Wildman–Crippen LogP) is 0.391. The van der Waals surface area contributed by atoms with E-state index >= 15 is 0 Å². The monoisotopic (exact) mass is 283 g/mol. The number of carboxylic acid groups (broad SMARTS) is 1. The van der Waals surface area contributed by atoms with Crippen LogP contribution in [0.5, 0.6) is 0 Å². The van der Waals surface area contributed by atoms with Crippen LogP contribution in [-0.2, 0) is 14.3 Å². The quantitative estimate of drug-likeness (QED) is 0.287. The molecule has 0 spiro atoms. The van der Waals surface area contributed by atoms with E-state index in [0.29, 0.717) is 32.5 Å². The highest BCUT2D eigenvalue weighted by Crippen LogP contribution is 1.99. The number of carbonyl (C=O) groups excluding carboxylic acids is 1. The van der Waals surface area contributed by atoms with Gasteiger partial charge in [-0.3, -0.25) is 9.59 Å². The largest absolute Gasteiger partial charge is 0.481 e. The first kappa shape index (κ1) is 17.9. The number of carbonyl (C=O) groups is 2. The third-order valence-corrected chi connectivity index (χ3v) is 2.41. The van der Waals surface area contributed by atoms with Crippen LogP contribution in [0.4, 0.5) is 0 Å². The topological polar surface area (TPSA) is 111 Å². The average molecular weight is 283 g/mol. The van der Waals surface area contributed by atoms with Crippen molar-refractivity contribution in [2.75, 3.05) is 26.8 Å². The molecule has 0 aromatic rings. The summed E-state index contributed by atoms with van der Waals surface area (Å²) in [5.74, 6) is -1.25. The number of nitrogens with zero attached hydrogens (tertiary/aromatic N) is 1. The van der Waals surface area contributed by atoms with Gasteiger partial charge in [-0.05, 0) is 12.8 Å². The second-order valence-electron chi connectivity index (χ2n) is 4.08. The highest BCUT2D eigenvalue weighted by molar-refractivity contribution is 5.97. The molecule has 7 heteroatoms. The van der Waals surface area contributed by atoms with Crippen LogP contribution in [0.25, 0.3) is 0 Å². The van der Waals surface area contributed by atoms with Crippen molar-refractivity contribution in [2.24, 2.45) is 0 Å². The van der Waals surface area contributed by atoms with E-state index in [1.807, 2.05) is 6.07 Å². The fourth-order valence-corrected chi connectivity index (χ4v) is 1.36. The van der Waals surface area contributed by atoms with Gasteiger partial charge in [0.15, 0.2) is 0 Å². The number of hydrogen-bond acceptors (Lipinski definition) is 5. The molecule has 0 unspecified atom stereocenters. The van der Waals surface area contributed by atoms with Crippen molar-refractivity contribution in [3.05, 3.63) is 11.8 Å². The molecule has 0 aromatic carbocycles. The van der Waals surface area contributed by atoms with Crippen LogP contribution in [0.2, 0.25) is 0 Å². The van der Waals surface area contributed by atoms with Crippen molar-refractivity contribution >= 4 is 11.9 Å². The molecule has 0 aliphatic heterocycles. The van der Waals surface area contributed by atoms with Gasteiger partial charge in [-0.25, -0.2) is 0 Å². The average Bonchev–Trinajstić information content (AvgIpc) is 2.42. The van der Waals surface area contributed by atoms with E-state index in [4.69, 9.17) is 15.1 Å². The van der Waals surface area contributed by atoms with Crippen molar-refractivity contribution in [2.45, 2.75) is 25.7 Å². The zero-order valence-electron chi connectivity index (χ0n) is 11.6. The molecule has 0 aliphatic rings. The van der Waals surface area contributed by atoms with Gasteiger partial charge in [-0.15, -0.1) is 0 Å². The van der Waals surface area contributed by atoms with Crippen LogP contribution in [0, 0.1) is 11.3 Å². The zero-order chi connectivity index (χ0) is 15.2. The van der Waals surface area contributed by atoms with Gasteiger partial charge in [-0.2, -0.15) is 5.26 Å². The number of rotatable bonds is 11. The second kappa shape index (κ2) is 12.0. The summed E-state index contributed by atoms with van der Waals surface area (Å²) in [6.45, 7) is 1.43. The molecule has 3 N–H and O–H groups in total. The van der Waals surface area contributed by atoms with Crippen LogP contribution in [0.1, 0.15) is 25.7 Å². The summed E-state index contributed by atoms with van der Waals surface area (Å²) >= 11 is 0. The maximum Gasteiger partial charge on any atom is 0.303 e. The fraction of sp³-hybridized carbons (Fsp3) is 0.615. The Morgan fingerprint density at radius 1 is 1.30 bits per heavy atom. The van der Waals surface area contributed by atoms with E-state index in [0.717, 1.165) is 6.42 Å². The Balaban J connectivity index is 3.82. The third-order valence-electron chi connectivity index (χ3n) is 2.41. The van der Waals surface area contributed by atoms with Gasteiger partial charge in [0.05, 0.1) is 6.61 Å². The molecule has 0 rings (SSSR count). The summed E-state index contributed by atoms with van der Waals surface area (Å²) in [5.41, 5.74) is 0.00615. The van der Waals surface area contributed by atoms with E-state index < -0.39 is 11.9 Å². The SMILES string of the molecule is COCCN/C=C(/C#N)C(=O)NCCCCCC(=O)O. The fourth-order valence-electron chi connectivity index (χ4n) is 1.36. The summed E-state index contributed by atoms with van der Waals surface area (Å²) in [4.78, 5) is 21.9. The smallest absolute Gasteiger partial charge is 0.303 e. The second-order valence-corrected chi connectivity index (χ2v) is 4.08. The number of amides is 1. The third kappa shape index (κ3) is 9.91. The summed E-state index contributed by atoms with van der Waals surface area (Å²) < 4.78 is 4.82. The van der Waals surface area contributed by atoms with Gasteiger partial charge in [0.25, 0.3) is 5.91 Å². The van der Waals surface area contributed by atoms with Gasteiger partial charge in [0.2, 0.25) is 0 Å². The van der Waals surface area contributed by atoms with Gasteiger partial charge in [-0.1, -0.05) is 6.42 Å². The summed E-state index contributed by atoms with van der Waals surface area (Å²) in [5, 5.41) is 22.7. The molecular weight excluding hydrogens is 262 g/mol. The Kier molecular flexibility index (Phi) is 10.7. The Bertz CT molecular complexity index is 374. The number of aliphatic carboxylic acids is 1. The van der Waals surface area contributed by atoms with Gasteiger partial charge >= 0.3 is 5.97 Å². The maximum absolute atomic E-state index is 11.6. The molecule has 0 atom stereocenters. The van der Waals surface area contributed by atoms with Crippen molar-refractivity contribution in [1.82, 2.24) is 10.6 Å². The van der Waals surface area contributed by atoms with Crippen LogP contribution >= 0.6 is 0 Å². The number of nitriles is 1. The first-order chi connectivity index (χ1) is 9.61. The van der Waals surface area contributed by atoms with Crippen molar-refractivity contribution in [1.29, 1.82) is 5.26 Å². The molecule has 112 valence electrons. The van der Waals surface area contributed by atoms with Gasteiger partial charge in [0, 0.05) is 32.8 Å². The van der Waals surface area contributed by atoms with E-state index in [-0.39, 0.29) is 12.0 Å².